The maximum atomic E-state index is 13.6. The van der Waals surface area contributed by atoms with Crippen LogP contribution in [-0.2, 0) is 10.0 Å². The zero-order valence-corrected chi connectivity index (χ0v) is 18.2. The lowest BCUT2D eigenvalue weighted by Crippen LogP contribution is -2.49. The summed E-state index contributed by atoms with van der Waals surface area (Å²) in [4.78, 5) is 10.8. The van der Waals surface area contributed by atoms with Crippen LogP contribution in [-0.4, -0.2) is 63.9 Å². The van der Waals surface area contributed by atoms with Crippen molar-refractivity contribution < 1.29 is 12.8 Å². The molecule has 0 aliphatic carbocycles. The lowest BCUT2D eigenvalue weighted by atomic mass is 10.3. The standard InChI is InChI=1S/C20H17ClFN7O2S/c21-14-4-6-17(7-5-14)32(30,31)28-10-8-27(9-11-28)19-18-20(24-13-23-19)29(26-25-18)16-3-1-2-15(22)12-16/h1-7,12-13H,8-11H2. The van der Waals surface area contributed by atoms with Crippen molar-refractivity contribution in [1.82, 2.24) is 29.3 Å². The van der Waals surface area contributed by atoms with Crippen molar-refractivity contribution in [2.45, 2.75) is 4.90 Å². The van der Waals surface area contributed by atoms with E-state index in [-0.39, 0.29) is 18.0 Å². The highest BCUT2D eigenvalue weighted by Crippen LogP contribution is 2.25. The maximum absolute atomic E-state index is 13.6. The molecule has 1 aliphatic rings. The third kappa shape index (κ3) is 3.68. The number of nitrogens with zero attached hydrogens (tertiary/aromatic N) is 7. The van der Waals surface area contributed by atoms with Crippen LogP contribution in [0.25, 0.3) is 16.9 Å². The Bertz CT molecular complexity index is 1390. The minimum Gasteiger partial charge on any atom is -0.352 e. The van der Waals surface area contributed by atoms with E-state index in [0.29, 0.717) is 40.8 Å². The second-order valence-electron chi connectivity index (χ2n) is 7.20. The Hall–Kier alpha value is -3.15. The van der Waals surface area contributed by atoms with Gasteiger partial charge >= 0.3 is 0 Å². The monoisotopic (exact) mass is 473 g/mol. The van der Waals surface area contributed by atoms with Crippen LogP contribution in [0.5, 0.6) is 0 Å². The molecule has 9 nitrogen and oxygen atoms in total. The molecule has 0 saturated carbocycles. The van der Waals surface area contributed by atoms with Gasteiger partial charge in [-0.05, 0) is 42.5 Å². The minimum absolute atomic E-state index is 0.206. The van der Waals surface area contributed by atoms with Crippen LogP contribution in [0.3, 0.4) is 0 Å². The van der Waals surface area contributed by atoms with Crippen LogP contribution in [0.4, 0.5) is 10.2 Å². The summed E-state index contributed by atoms with van der Waals surface area (Å²) in [7, 11) is -3.62. The highest BCUT2D eigenvalue weighted by atomic mass is 35.5. The lowest BCUT2D eigenvalue weighted by molar-refractivity contribution is 0.384. The van der Waals surface area contributed by atoms with Crippen molar-refractivity contribution in [1.29, 1.82) is 0 Å². The number of piperazine rings is 1. The molecule has 2 aromatic carbocycles. The molecular formula is C20H17ClFN7O2S. The van der Waals surface area contributed by atoms with Gasteiger partial charge in [0.15, 0.2) is 17.0 Å². The van der Waals surface area contributed by atoms with Gasteiger partial charge in [0.2, 0.25) is 10.0 Å². The molecule has 5 rings (SSSR count). The quantitative estimate of drug-likeness (QED) is 0.449. The number of hydrogen-bond donors (Lipinski definition) is 0. The first-order valence-electron chi connectivity index (χ1n) is 9.76. The molecule has 164 valence electrons. The molecule has 0 bridgehead atoms. The van der Waals surface area contributed by atoms with Gasteiger partial charge in [0.05, 0.1) is 10.6 Å². The molecule has 12 heteroatoms. The molecule has 0 atom stereocenters. The van der Waals surface area contributed by atoms with Gasteiger partial charge in [-0.15, -0.1) is 5.10 Å². The molecule has 4 aromatic rings. The highest BCUT2D eigenvalue weighted by Gasteiger charge is 2.30. The smallest absolute Gasteiger partial charge is 0.243 e. The van der Waals surface area contributed by atoms with Gasteiger partial charge < -0.3 is 4.90 Å². The van der Waals surface area contributed by atoms with E-state index in [0.717, 1.165) is 0 Å². The summed E-state index contributed by atoms with van der Waals surface area (Å²) < 4.78 is 42.4. The SMILES string of the molecule is O=S(=O)(c1ccc(Cl)cc1)N1CCN(c2ncnc3c2nnn3-c2cccc(F)c2)CC1. The van der Waals surface area contributed by atoms with Gasteiger partial charge in [-0.1, -0.05) is 22.9 Å². The average molecular weight is 474 g/mol. The molecule has 3 heterocycles. The number of sulfonamides is 1. The van der Waals surface area contributed by atoms with Gasteiger partial charge in [-0.3, -0.25) is 0 Å². The first kappa shape index (κ1) is 20.7. The Balaban J connectivity index is 1.39. The van der Waals surface area contributed by atoms with Crippen LogP contribution in [0.2, 0.25) is 5.02 Å². The highest BCUT2D eigenvalue weighted by molar-refractivity contribution is 7.89. The van der Waals surface area contributed by atoms with Gasteiger partial charge in [-0.25, -0.2) is 22.8 Å². The number of anilines is 1. The van der Waals surface area contributed by atoms with Crippen LogP contribution in [0.1, 0.15) is 0 Å². The van der Waals surface area contributed by atoms with Crippen molar-refractivity contribution in [3.8, 4) is 5.69 Å². The number of aromatic nitrogens is 5. The summed E-state index contributed by atoms with van der Waals surface area (Å²) in [5.41, 5.74) is 1.40. The van der Waals surface area contributed by atoms with Crippen LogP contribution >= 0.6 is 11.6 Å². The van der Waals surface area contributed by atoms with Gasteiger partial charge in [0.25, 0.3) is 0 Å². The molecule has 1 aliphatic heterocycles. The zero-order valence-electron chi connectivity index (χ0n) is 16.6. The van der Waals surface area contributed by atoms with Crippen LogP contribution < -0.4 is 4.90 Å². The van der Waals surface area contributed by atoms with Gasteiger partial charge in [0.1, 0.15) is 12.1 Å². The first-order valence-corrected chi connectivity index (χ1v) is 11.6. The Morgan fingerprint density at radius 1 is 0.969 bits per heavy atom. The molecule has 0 spiro atoms. The summed E-state index contributed by atoms with van der Waals surface area (Å²) in [5.74, 6) is 0.166. The van der Waals surface area contributed by atoms with Crippen molar-refractivity contribution in [2.24, 2.45) is 0 Å². The van der Waals surface area contributed by atoms with E-state index in [2.05, 4.69) is 20.3 Å². The molecule has 2 aromatic heterocycles. The fourth-order valence-electron chi connectivity index (χ4n) is 3.65. The normalized spacial score (nSPS) is 15.4. The Labute approximate surface area is 188 Å². The predicted molar refractivity (Wildman–Crippen MR) is 117 cm³/mol. The summed E-state index contributed by atoms with van der Waals surface area (Å²) in [6.07, 6.45) is 1.40. The zero-order chi connectivity index (χ0) is 22.3. The predicted octanol–water partition coefficient (Wildman–Crippen LogP) is 2.51. The topological polar surface area (TPSA) is 97.1 Å². The molecule has 32 heavy (non-hydrogen) atoms. The Kier molecular flexibility index (Phi) is 5.24. The average Bonchev–Trinajstić information content (AvgIpc) is 3.24. The number of fused-ring (bicyclic) bond motifs is 1. The molecular weight excluding hydrogens is 457 g/mol. The second kappa shape index (κ2) is 8.08. The Morgan fingerprint density at radius 3 is 2.44 bits per heavy atom. The number of benzene rings is 2. The van der Waals surface area contributed by atoms with Crippen molar-refractivity contribution >= 4 is 38.6 Å². The van der Waals surface area contributed by atoms with Crippen molar-refractivity contribution in [3.05, 3.63) is 65.7 Å². The van der Waals surface area contributed by atoms with E-state index in [1.54, 1.807) is 24.3 Å². The third-order valence-electron chi connectivity index (χ3n) is 5.26. The van der Waals surface area contributed by atoms with Gasteiger partial charge in [0, 0.05) is 31.2 Å². The Morgan fingerprint density at radius 2 is 1.72 bits per heavy atom. The number of halogens is 2. The summed E-state index contributed by atoms with van der Waals surface area (Å²) in [5, 5.41) is 8.80. The maximum Gasteiger partial charge on any atom is 0.243 e. The lowest BCUT2D eigenvalue weighted by Gasteiger charge is -2.34. The van der Waals surface area contributed by atoms with E-state index < -0.39 is 15.8 Å². The largest absolute Gasteiger partial charge is 0.352 e. The van der Waals surface area contributed by atoms with Gasteiger partial charge in [-0.2, -0.15) is 8.99 Å². The third-order valence-corrected chi connectivity index (χ3v) is 7.43. The summed E-state index contributed by atoms with van der Waals surface area (Å²) >= 11 is 5.87. The summed E-state index contributed by atoms with van der Waals surface area (Å²) in [6, 6.07) is 12.1. The van der Waals surface area contributed by atoms with E-state index >= 15 is 0 Å². The minimum atomic E-state index is -3.62. The first-order chi connectivity index (χ1) is 15.4. The molecule has 0 unspecified atom stereocenters. The molecule has 0 amide bonds. The number of rotatable bonds is 4. The molecule has 0 radical (unpaired) electrons. The van der Waals surface area contributed by atoms with Crippen molar-refractivity contribution in [2.75, 3.05) is 31.1 Å². The van der Waals surface area contributed by atoms with E-state index in [1.165, 1.54) is 39.6 Å². The van der Waals surface area contributed by atoms with E-state index in [1.807, 2.05) is 4.90 Å². The fraction of sp³-hybridized carbons (Fsp3) is 0.200. The van der Waals surface area contributed by atoms with Crippen LogP contribution in [0.15, 0.2) is 59.8 Å². The second-order valence-corrected chi connectivity index (χ2v) is 9.57. The van der Waals surface area contributed by atoms with Crippen molar-refractivity contribution in [3.63, 3.8) is 0 Å². The molecule has 1 fully saturated rings. The summed E-state index contributed by atoms with van der Waals surface area (Å²) in [6.45, 7) is 1.42. The molecule has 1 saturated heterocycles. The number of hydrogen-bond acceptors (Lipinski definition) is 7. The molecule has 0 N–H and O–H groups in total. The van der Waals surface area contributed by atoms with E-state index in [4.69, 9.17) is 11.6 Å². The van der Waals surface area contributed by atoms with E-state index in [9.17, 15) is 12.8 Å². The fourth-order valence-corrected chi connectivity index (χ4v) is 5.19. The van der Waals surface area contributed by atoms with Crippen LogP contribution in [0, 0.1) is 5.82 Å².